The van der Waals surface area contributed by atoms with Gasteiger partial charge in [0.2, 0.25) is 5.91 Å². The maximum Gasteiger partial charge on any atom is 0.250 e. The molecule has 2 N–H and O–H groups in total. The molecule has 1 aromatic heterocycles. The third-order valence-corrected chi connectivity index (χ3v) is 4.95. The van der Waals surface area contributed by atoms with Gasteiger partial charge in [-0.25, -0.2) is 0 Å². The van der Waals surface area contributed by atoms with Crippen molar-refractivity contribution in [1.29, 1.82) is 0 Å². The number of hydrogen-bond acceptors (Lipinski definition) is 3. The molecule has 2 heterocycles. The molecule has 1 atom stereocenters. The molecular formula is C21H21N3O3. The summed E-state index contributed by atoms with van der Waals surface area (Å²) in [5.41, 5.74) is 7.81. The van der Waals surface area contributed by atoms with Crippen molar-refractivity contribution in [3.63, 3.8) is 0 Å². The summed E-state index contributed by atoms with van der Waals surface area (Å²) in [4.78, 5) is 26.4. The van der Waals surface area contributed by atoms with Gasteiger partial charge in [0.05, 0.1) is 18.7 Å². The van der Waals surface area contributed by atoms with Crippen LogP contribution < -0.4 is 5.73 Å². The van der Waals surface area contributed by atoms with Gasteiger partial charge in [0.25, 0.3) is 5.91 Å². The minimum absolute atomic E-state index is 0.00370. The zero-order valence-corrected chi connectivity index (χ0v) is 14.9. The number of carbonyl (C=O) groups is 2. The molecule has 3 aromatic rings. The number of nitrogens with two attached hydrogens (primary N) is 1. The lowest BCUT2D eigenvalue weighted by Crippen LogP contribution is -2.43. The van der Waals surface area contributed by atoms with Crippen LogP contribution in [0.25, 0.3) is 10.9 Å². The summed E-state index contributed by atoms with van der Waals surface area (Å²) < 4.78 is 7.63. The molecule has 1 aliphatic heterocycles. The second kappa shape index (κ2) is 7.25. The van der Waals surface area contributed by atoms with E-state index in [1.807, 2.05) is 59.5 Å². The fourth-order valence-electron chi connectivity index (χ4n) is 3.56. The van der Waals surface area contributed by atoms with Gasteiger partial charge in [-0.2, -0.15) is 0 Å². The molecule has 0 aliphatic carbocycles. The van der Waals surface area contributed by atoms with E-state index in [9.17, 15) is 9.59 Å². The van der Waals surface area contributed by atoms with Crippen LogP contribution in [0.4, 0.5) is 0 Å². The van der Waals surface area contributed by atoms with E-state index < -0.39 is 5.91 Å². The van der Waals surface area contributed by atoms with Gasteiger partial charge in [0.15, 0.2) is 0 Å². The lowest BCUT2D eigenvalue weighted by Gasteiger charge is -2.33. The number of benzene rings is 2. The number of fused-ring (bicyclic) bond motifs is 1. The summed E-state index contributed by atoms with van der Waals surface area (Å²) in [6.45, 7) is 1.74. The number of nitrogens with zero attached hydrogens (tertiary/aromatic N) is 2. The molecule has 0 saturated carbocycles. The number of rotatable bonds is 4. The van der Waals surface area contributed by atoms with Crippen LogP contribution in [0.3, 0.4) is 0 Å². The highest BCUT2D eigenvalue weighted by atomic mass is 16.5. The Morgan fingerprint density at radius 3 is 2.59 bits per heavy atom. The lowest BCUT2D eigenvalue weighted by atomic mass is 10.1. The van der Waals surface area contributed by atoms with Crippen LogP contribution in [0.5, 0.6) is 0 Å². The van der Waals surface area contributed by atoms with E-state index in [1.165, 1.54) is 0 Å². The minimum atomic E-state index is -0.493. The van der Waals surface area contributed by atoms with Gasteiger partial charge in [-0.1, -0.05) is 48.5 Å². The molecule has 1 saturated heterocycles. The summed E-state index contributed by atoms with van der Waals surface area (Å²) in [5, 5.41) is 0.766. The first-order chi connectivity index (χ1) is 13.1. The maximum absolute atomic E-state index is 12.9. The smallest absolute Gasteiger partial charge is 0.250 e. The number of para-hydroxylation sites is 1. The Morgan fingerprint density at radius 1 is 1.07 bits per heavy atom. The Labute approximate surface area is 157 Å². The zero-order chi connectivity index (χ0) is 18.8. The number of ether oxygens (including phenoxy) is 1. The lowest BCUT2D eigenvalue weighted by molar-refractivity contribution is -0.139. The molecular weight excluding hydrogens is 342 g/mol. The summed E-state index contributed by atoms with van der Waals surface area (Å²) >= 11 is 0. The van der Waals surface area contributed by atoms with Crippen molar-refractivity contribution in [2.45, 2.75) is 12.6 Å². The van der Waals surface area contributed by atoms with Crippen LogP contribution in [0.2, 0.25) is 0 Å². The van der Waals surface area contributed by atoms with Crippen LogP contribution >= 0.6 is 0 Å². The number of carbonyl (C=O) groups excluding carboxylic acids is 2. The summed E-state index contributed by atoms with van der Waals surface area (Å²) in [6.07, 6.45) is 1.55. The van der Waals surface area contributed by atoms with E-state index in [0.717, 1.165) is 16.5 Å². The molecule has 0 bridgehead atoms. The summed E-state index contributed by atoms with van der Waals surface area (Å²) in [5.74, 6) is -0.496. The molecule has 2 amide bonds. The van der Waals surface area contributed by atoms with Gasteiger partial charge < -0.3 is 19.9 Å². The molecule has 4 rings (SSSR count). The molecule has 138 valence electrons. The van der Waals surface area contributed by atoms with Gasteiger partial charge >= 0.3 is 0 Å². The first kappa shape index (κ1) is 17.3. The van der Waals surface area contributed by atoms with Crippen LogP contribution in [0.15, 0.2) is 60.8 Å². The summed E-state index contributed by atoms with van der Waals surface area (Å²) in [6, 6.07) is 17.4. The van der Waals surface area contributed by atoms with Gasteiger partial charge in [0, 0.05) is 23.6 Å². The largest absolute Gasteiger partial charge is 0.370 e. The highest BCUT2D eigenvalue weighted by Gasteiger charge is 2.26. The predicted octanol–water partition coefficient (Wildman–Crippen LogP) is 2.34. The van der Waals surface area contributed by atoms with Crippen molar-refractivity contribution in [1.82, 2.24) is 9.47 Å². The van der Waals surface area contributed by atoms with Crippen LogP contribution in [0, 0.1) is 0 Å². The van der Waals surface area contributed by atoms with Gasteiger partial charge in [0.1, 0.15) is 12.6 Å². The average Bonchev–Trinajstić information content (AvgIpc) is 3.08. The van der Waals surface area contributed by atoms with Crippen LogP contribution in [0.1, 0.15) is 22.0 Å². The molecule has 1 fully saturated rings. The van der Waals surface area contributed by atoms with E-state index in [1.54, 1.807) is 10.8 Å². The van der Waals surface area contributed by atoms with Crippen molar-refractivity contribution in [3.05, 3.63) is 71.9 Å². The van der Waals surface area contributed by atoms with Crippen molar-refractivity contribution in [2.75, 3.05) is 19.7 Å². The highest BCUT2D eigenvalue weighted by Crippen LogP contribution is 2.24. The molecule has 2 aromatic carbocycles. The van der Waals surface area contributed by atoms with Crippen LogP contribution in [-0.2, 0) is 16.1 Å². The van der Waals surface area contributed by atoms with Gasteiger partial charge in [-0.15, -0.1) is 0 Å². The number of primary amides is 1. The molecule has 0 unspecified atom stereocenters. The monoisotopic (exact) mass is 363 g/mol. The second-order valence-electron chi connectivity index (χ2n) is 6.66. The SMILES string of the molecule is NC(=O)c1cn(CC(=O)N2CCO[C@H](c3ccccc3)C2)c2ccccc12. The zero-order valence-electron chi connectivity index (χ0n) is 14.9. The fraction of sp³-hybridized carbons (Fsp3) is 0.238. The molecule has 1 aliphatic rings. The molecule has 6 nitrogen and oxygen atoms in total. The van der Waals surface area contributed by atoms with Crippen molar-refractivity contribution >= 4 is 22.7 Å². The molecule has 6 heteroatoms. The summed E-state index contributed by atoms with van der Waals surface area (Å²) in [7, 11) is 0. The van der Waals surface area contributed by atoms with E-state index in [-0.39, 0.29) is 18.6 Å². The number of hydrogen-bond donors (Lipinski definition) is 1. The minimum Gasteiger partial charge on any atom is -0.370 e. The predicted molar refractivity (Wildman–Crippen MR) is 102 cm³/mol. The second-order valence-corrected chi connectivity index (χ2v) is 6.66. The van der Waals surface area contributed by atoms with Crippen molar-refractivity contribution < 1.29 is 14.3 Å². The third-order valence-electron chi connectivity index (χ3n) is 4.95. The maximum atomic E-state index is 12.9. The van der Waals surface area contributed by atoms with E-state index in [0.29, 0.717) is 25.3 Å². The fourth-order valence-corrected chi connectivity index (χ4v) is 3.56. The third kappa shape index (κ3) is 3.44. The number of amides is 2. The van der Waals surface area contributed by atoms with Gasteiger partial charge in [-0.3, -0.25) is 9.59 Å². The Bertz CT molecular complexity index is 981. The Kier molecular flexibility index (Phi) is 4.64. The average molecular weight is 363 g/mol. The highest BCUT2D eigenvalue weighted by molar-refractivity contribution is 6.06. The first-order valence-electron chi connectivity index (χ1n) is 8.95. The van der Waals surface area contributed by atoms with Crippen LogP contribution in [-0.4, -0.2) is 41.0 Å². The quantitative estimate of drug-likeness (QED) is 0.773. The molecule has 0 radical (unpaired) electrons. The van der Waals surface area contributed by atoms with Crippen molar-refractivity contribution in [3.8, 4) is 0 Å². The van der Waals surface area contributed by atoms with E-state index >= 15 is 0 Å². The molecule has 27 heavy (non-hydrogen) atoms. The topological polar surface area (TPSA) is 77.6 Å². The normalized spacial score (nSPS) is 17.2. The van der Waals surface area contributed by atoms with E-state index in [4.69, 9.17) is 10.5 Å². The van der Waals surface area contributed by atoms with E-state index in [2.05, 4.69) is 0 Å². The number of aromatic nitrogens is 1. The Hall–Kier alpha value is -3.12. The Balaban J connectivity index is 1.54. The van der Waals surface area contributed by atoms with Crippen molar-refractivity contribution in [2.24, 2.45) is 5.73 Å². The van der Waals surface area contributed by atoms with Gasteiger partial charge in [-0.05, 0) is 11.6 Å². The first-order valence-corrected chi connectivity index (χ1v) is 8.95. The Morgan fingerprint density at radius 2 is 1.81 bits per heavy atom. The standard InChI is InChI=1S/C21H21N3O3/c22-21(26)17-12-24(18-9-5-4-8-16(17)18)14-20(25)23-10-11-27-19(13-23)15-6-2-1-3-7-15/h1-9,12,19H,10-11,13-14H2,(H2,22,26)/t19-/m0/s1. The molecule has 0 spiro atoms. The number of morpholine rings is 1.